The van der Waals surface area contributed by atoms with Crippen molar-refractivity contribution in [1.82, 2.24) is 10.2 Å². The zero-order chi connectivity index (χ0) is 18.4. The van der Waals surface area contributed by atoms with E-state index in [-0.39, 0.29) is 11.2 Å². The van der Waals surface area contributed by atoms with Gasteiger partial charge in [-0.15, -0.1) is 0 Å². The van der Waals surface area contributed by atoms with Crippen molar-refractivity contribution in [3.63, 3.8) is 0 Å². The molecule has 1 aliphatic rings. The van der Waals surface area contributed by atoms with E-state index >= 15 is 0 Å². The maximum atomic E-state index is 11.4. The van der Waals surface area contributed by atoms with Gasteiger partial charge in [-0.05, 0) is 30.1 Å². The van der Waals surface area contributed by atoms with Crippen molar-refractivity contribution in [2.24, 2.45) is 22.2 Å². The largest absolute Gasteiger partial charge is 0.356 e. The van der Waals surface area contributed by atoms with Gasteiger partial charge in [-0.3, -0.25) is 4.99 Å². The Morgan fingerprint density at radius 1 is 1.33 bits per heavy atom. The number of aliphatic imine (C=N–C) groups is 1. The predicted molar refractivity (Wildman–Crippen MR) is 103 cm³/mol. The van der Waals surface area contributed by atoms with Crippen molar-refractivity contribution in [3.8, 4) is 0 Å². The smallest absolute Gasteiger partial charge is 0.193 e. The number of likely N-dealkylation sites (tertiary alicyclic amines) is 1. The fourth-order valence-electron chi connectivity index (χ4n) is 3.52. The van der Waals surface area contributed by atoms with Crippen molar-refractivity contribution < 1.29 is 8.42 Å². The van der Waals surface area contributed by atoms with Gasteiger partial charge in [0.05, 0.1) is 5.75 Å². The second-order valence-electron chi connectivity index (χ2n) is 8.02. The summed E-state index contributed by atoms with van der Waals surface area (Å²) in [6.45, 7) is 11.7. The molecule has 1 rings (SSSR count). The van der Waals surface area contributed by atoms with Crippen LogP contribution >= 0.6 is 0 Å². The van der Waals surface area contributed by atoms with Crippen LogP contribution in [-0.2, 0) is 9.84 Å². The van der Waals surface area contributed by atoms with Gasteiger partial charge in [-0.2, -0.15) is 0 Å². The third-order valence-electron chi connectivity index (χ3n) is 5.33. The molecule has 0 radical (unpaired) electrons. The zero-order valence-corrected chi connectivity index (χ0v) is 17.2. The zero-order valence-electron chi connectivity index (χ0n) is 16.4. The van der Waals surface area contributed by atoms with Crippen molar-refractivity contribution >= 4 is 15.8 Å². The molecule has 0 bridgehead atoms. The average Bonchev–Trinajstić information content (AvgIpc) is 2.96. The van der Waals surface area contributed by atoms with Crippen LogP contribution in [0.25, 0.3) is 0 Å². The molecule has 1 aliphatic heterocycles. The quantitative estimate of drug-likeness (QED) is 0.535. The summed E-state index contributed by atoms with van der Waals surface area (Å²) in [5.41, 5.74) is -0.0759. The van der Waals surface area contributed by atoms with E-state index in [1.54, 1.807) is 0 Å². The summed E-state index contributed by atoms with van der Waals surface area (Å²) >= 11 is 0. The molecule has 1 atom stereocenters. The van der Waals surface area contributed by atoms with Gasteiger partial charge in [-0.25, -0.2) is 8.42 Å². The molecular formula is C18H37N3O2S. The van der Waals surface area contributed by atoms with Crippen LogP contribution in [0.3, 0.4) is 0 Å². The molecule has 0 saturated carbocycles. The fourth-order valence-corrected chi connectivity index (χ4v) is 4.44. The summed E-state index contributed by atoms with van der Waals surface area (Å²) in [7, 11) is -1.08. The van der Waals surface area contributed by atoms with Crippen molar-refractivity contribution in [2.45, 2.75) is 53.4 Å². The highest BCUT2D eigenvalue weighted by molar-refractivity contribution is 7.90. The lowest BCUT2D eigenvalue weighted by atomic mass is 9.87. The van der Waals surface area contributed by atoms with Gasteiger partial charge in [0.15, 0.2) is 5.96 Å². The second kappa shape index (κ2) is 9.07. The lowest BCUT2D eigenvalue weighted by Gasteiger charge is -2.29. The minimum atomic E-state index is -2.91. The molecule has 142 valence electrons. The highest BCUT2D eigenvalue weighted by Crippen LogP contribution is 2.29. The molecule has 0 amide bonds. The summed E-state index contributed by atoms with van der Waals surface area (Å²) in [5.74, 6) is 2.76. The topological polar surface area (TPSA) is 61.8 Å². The maximum absolute atomic E-state index is 11.4. The summed E-state index contributed by atoms with van der Waals surface area (Å²) in [6, 6.07) is 0. The Balaban J connectivity index is 2.54. The highest BCUT2D eigenvalue weighted by atomic mass is 32.2. The average molecular weight is 360 g/mol. The standard InChI is InChI=1S/C18H37N3O2S/c1-7-15(8-2)16-9-11-21(13-16)17(19-5)20-14-18(3,4)10-12-24(6,22)23/h15-16H,7-14H2,1-6H3,(H,19,20). The van der Waals surface area contributed by atoms with Crippen molar-refractivity contribution in [1.29, 1.82) is 0 Å². The van der Waals surface area contributed by atoms with Gasteiger partial charge in [0.1, 0.15) is 9.84 Å². The van der Waals surface area contributed by atoms with Crippen LogP contribution in [-0.4, -0.2) is 58.0 Å². The van der Waals surface area contributed by atoms with Gasteiger partial charge < -0.3 is 10.2 Å². The van der Waals surface area contributed by atoms with Crippen LogP contribution in [0, 0.1) is 17.3 Å². The number of hydrogen-bond donors (Lipinski definition) is 1. The first kappa shape index (κ1) is 21.3. The van der Waals surface area contributed by atoms with E-state index < -0.39 is 9.84 Å². The van der Waals surface area contributed by atoms with Crippen LogP contribution in [0.1, 0.15) is 53.4 Å². The van der Waals surface area contributed by atoms with Crippen LogP contribution < -0.4 is 5.32 Å². The van der Waals surface area contributed by atoms with E-state index in [9.17, 15) is 8.42 Å². The van der Waals surface area contributed by atoms with E-state index in [0.29, 0.717) is 6.42 Å². The lowest BCUT2D eigenvalue weighted by Crippen LogP contribution is -2.44. The number of guanidine groups is 1. The van der Waals surface area contributed by atoms with E-state index in [4.69, 9.17) is 0 Å². The van der Waals surface area contributed by atoms with Crippen LogP contribution in [0.15, 0.2) is 4.99 Å². The van der Waals surface area contributed by atoms with Gasteiger partial charge in [0.25, 0.3) is 0 Å². The molecule has 0 aliphatic carbocycles. The monoisotopic (exact) mass is 359 g/mol. The van der Waals surface area contributed by atoms with Gasteiger partial charge in [0, 0.05) is 32.9 Å². The Morgan fingerprint density at radius 3 is 2.46 bits per heavy atom. The maximum Gasteiger partial charge on any atom is 0.193 e. The molecule has 24 heavy (non-hydrogen) atoms. The molecule has 0 aromatic rings. The third-order valence-corrected chi connectivity index (χ3v) is 6.27. The lowest BCUT2D eigenvalue weighted by molar-refractivity contribution is 0.313. The van der Waals surface area contributed by atoms with Crippen LogP contribution in [0.2, 0.25) is 0 Å². The summed E-state index contributed by atoms with van der Waals surface area (Å²) in [4.78, 5) is 6.80. The van der Waals surface area contributed by atoms with Crippen LogP contribution in [0.4, 0.5) is 0 Å². The minimum Gasteiger partial charge on any atom is -0.356 e. The Morgan fingerprint density at radius 2 is 1.96 bits per heavy atom. The number of nitrogens with one attached hydrogen (secondary N) is 1. The van der Waals surface area contributed by atoms with E-state index in [2.05, 4.69) is 42.9 Å². The summed E-state index contributed by atoms with van der Waals surface area (Å²) < 4.78 is 22.8. The molecule has 0 aromatic carbocycles. The van der Waals surface area contributed by atoms with Gasteiger partial charge in [0.2, 0.25) is 0 Å². The van der Waals surface area contributed by atoms with Crippen molar-refractivity contribution in [3.05, 3.63) is 0 Å². The fraction of sp³-hybridized carbons (Fsp3) is 0.944. The van der Waals surface area contributed by atoms with E-state index in [0.717, 1.165) is 37.4 Å². The van der Waals surface area contributed by atoms with Crippen molar-refractivity contribution in [2.75, 3.05) is 38.7 Å². The van der Waals surface area contributed by atoms with Gasteiger partial charge >= 0.3 is 0 Å². The Hall–Kier alpha value is -0.780. The first-order chi connectivity index (χ1) is 11.1. The number of hydrogen-bond acceptors (Lipinski definition) is 3. The minimum absolute atomic E-state index is 0.0759. The first-order valence-electron chi connectivity index (χ1n) is 9.25. The number of sulfone groups is 1. The molecule has 1 N–H and O–H groups in total. The Labute approximate surface area is 149 Å². The molecule has 1 fully saturated rings. The number of nitrogens with zero attached hydrogens (tertiary/aromatic N) is 2. The van der Waals surface area contributed by atoms with Crippen LogP contribution in [0.5, 0.6) is 0 Å². The predicted octanol–water partition coefficient (Wildman–Crippen LogP) is 2.78. The third kappa shape index (κ3) is 6.99. The number of rotatable bonds is 8. The summed E-state index contributed by atoms with van der Waals surface area (Å²) in [5, 5.41) is 3.46. The molecule has 1 heterocycles. The van der Waals surface area contributed by atoms with E-state index in [1.165, 1.54) is 25.5 Å². The molecular weight excluding hydrogens is 322 g/mol. The second-order valence-corrected chi connectivity index (χ2v) is 10.3. The Bertz CT molecular complexity index is 510. The first-order valence-corrected chi connectivity index (χ1v) is 11.3. The Kier molecular flexibility index (Phi) is 8.03. The molecule has 0 aromatic heterocycles. The highest BCUT2D eigenvalue weighted by Gasteiger charge is 2.30. The van der Waals surface area contributed by atoms with Gasteiger partial charge in [-0.1, -0.05) is 40.5 Å². The summed E-state index contributed by atoms with van der Waals surface area (Å²) in [6.07, 6.45) is 5.70. The SMILES string of the molecule is CCC(CC)C1CCN(C(=NC)NCC(C)(C)CCS(C)(=O)=O)C1. The normalized spacial score (nSPS) is 20.0. The molecule has 6 heteroatoms. The molecule has 0 spiro atoms. The molecule has 5 nitrogen and oxygen atoms in total. The molecule has 1 saturated heterocycles. The molecule has 1 unspecified atom stereocenters. The van der Waals surface area contributed by atoms with E-state index in [1.807, 2.05) is 7.05 Å².